The van der Waals surface area contributed by atoms with Crippen LogP contribution in [0.25, 0.3) is 0 Å². The zero-order valence-electron chi connectivity index (χ0n) is 13.2. The highest BCUT2D eigenvalue weighted by Crippen LogP contribution is 2.24. The largest absolute Gasteiger partial charge is 0.481 e. The number of rotatable bonds is 4. The molecule has 0 aliphatic carbocycles. The van der Waals surface area contributed by atoms with Gasteiger partial charge in [0.15, 0.2) is 5.16 Å². The summed E-state index contributed by atoms with van der Waals surface area (Å²) in [6.45, 7) is 4.41. The smallest absolute Gasteiger partial charge is 0.317 e. The van der Waals surface area contributed by atoms with E-state index in [1.807, 2.05) is 13.1 Å². The van der Waals surface area contributed by atoms with Gasteiger partial charge < -0.3 is 19.9 Å². The Morgan fingerprint density at radius 1 is 1.48 bits per heavy atom. The van der Waals surface area contributed by atoms with E-state index in [1.54, 1.807) is 16.7 Å². The van der Waals surface area contributed by atoms with Crippen LogP contribution in [0, 0.1) is 11.8 Å². The van der Waals surface area contributed by atoms with E-state index >= 15 is 0 Å². The predicted molar refractivity (Wildman–Crippen MR) is 86.5 cm³/mol. The van der Waals surface area contributed by atoms with Gasteiger partial charge in [0, 0.05) is 44.5 Å². The molecule has 2 unspecified atom stereocenters. The minimum absolute atomic E-state index is 0.177. The maximum absolute atomic E-state index is 12.2. The molecule has 0 bridgehead atoms. The van der Waals surface area contributed by atoms with Crippen molar-refractivity contribution in [3.8, 4) is 0 Å². The average molecular weight is 338 g/mol. The van der Waals surface area contributed by atoms with Crippen LogP contribution in [0.1, 0.15) is 19.0 Å². The summed E-state index contributed by atoms with van der Waals surface area (Å²) >= 11 is 1.75. The second-order valence-electron chi connectivity index (χ2n) is 6.32. The third kappa shape index (κ3) is 3.80. The number of hydrogen-bond acceptors (Lipinski definition) is 4. The van der Waals surface area contributed by atoms with Crippen LogP contribution >= 0.6 is 11.8 Å². The lowest BCUT2D eigenvalue weighted by Crippen LogP contribution is -2.49. The Bertz CT molecular complexity index is 582. The Balaban J connectivity index is 1.47. The lowest BCUT2D eigenvalue weighted by molar-refractivity contribution is -0.143. The fourth-order valence-corrected chi connectivity index (χ4v) is 4.15. The molecule has 0 spiro atoms. The van der Waals surface area contributed by atoms with Crippen molar-refractivity contribution in [2.75, 3.05) is 25.4 Å². The van der Waals surface area contributed by atoms with Crippen molar-refractivity contribution in [2.45, 2.75) is 31.5 Å². The molecular weight excluding hydrogens is 316 g/mol. The molecule has 2 N–H and O–H groups in total. The van der Waals surface area contributed by atoms with Crippen LogP contribution in [0.2, 0.25) is 0 Å². The van der Waals surface area contributed by atoms with E-state index in [2.05, 4.69) is 14.9 Å². The van der Waals surface area contributed by atoms with E-state index in [-0.39, 0.29) is 11.9 Å². The lowest BCUT2D eigenvalue weighted by atomic mass is 9.91. The normalized spacial score (nSPS) is 23.6. The molecule has 8 heteroatoms. The van der Waals surface area contributed by atoms with Crippen LogP contribution in [0.4, 0.5) is 4.79 Å². The van der Waals surface area contributed by atoms with Crippen LogP contribution in [-0.4, -0.2) is 56.9 Å². The molecule has 0 aromatic carbocycles. The van der Waals surface area contributed by atoms with E-state index in [0.717, 1.165) is 23.1 Å². The SMILES string of the molecule is CC1CC(C(=O)O)CN(C(=O)NCCc2cn3c(n2)SCC3)C1. The van der Waals surface area contributed by atoms with Gasteiger partial charge in [-0.3, -0.25) is 4.79 Å². The third-order valence-corrected chi connectivity index (χ3v) is 5.28. The van der Waals surface area contributed by atoms with Crippen molar-refractivity contribution in [3.05, 3.63) is 11.9 Å². The highest BCUT2D eigenvalue weighted by atomic mass is 32.2. The predicted octanol–water partition coefficient (Wildman–Crippen LogP) is 1.28. The molecule has 7 nitrogen and oxygen atoms in total. The molecule has 1 aromatic rings. The fourth-order valence-electron chi connectivity index (χ4n) is 3.19. The van der Waals surface area contributed by atoms with Crippen LogP contribution in [-0.2, 0) is 17.8 Å². The van der Waals surface area contributed by atoms with Crippen molar-refractivity contribution in [1.29, 1.82) is 0 Å². The molecule has 126 valence electrons. The summed E-state index contributed by atoms with van der Waals surface area (Å²) in [5, 5.41) is 13.1. The first-order valence-corrected chi connectivity index (χ1v) is 8.96. The average Bonchev–Trinajstić information content (AvgIpc) is 3.07. The number of carbonyl (C=O) groups excluding carboxylic acids is 1. The molecule has 0 saturated carbocycles. The summed E-state index contributed by atoms with van der Waals surface area (Å²) in [5.41, 5.74) is 0.989. The van der Waals surface area contributed by atoms with E-state index in [1.165, 1.54) is 0 Å². The fraction of sp³-hybridized carbons (Fsp3) is 0.667. The summed E-state index contributed by atoms with van der Waals surface area (Å²) in [6.07, 6.45) is 3.37. The van der Waals surface area contributed by atoms with Crippen molar-refractivity contribution < 1.29 is 14.7 Å². The van der Waals surface area contributed by atoms with Crippen molar-refractivity contribution in [2.24, 2.45) is 11.8 Å². The number of carboxylic acids is 1. The Hall–Kier alpha value is -1.70. The zero-order valence-corrected chi connectivity index (χ0v) is 14.0. The van der Waals surface area contributed by atoms with Crippen LogP contribution < -0.4 is 5.32 Å². The maximum Gasteiger partial charge on any atom is 0.317 e. The first-order valence-electron chi connectivity index (χ1n) is 7.97. The number of carbonyl (C=O) groups is 2. The standard InChI is InChI=1S/C15H22N4O3S/c1-10-6-11(13(20)21)8-19(7-10)14(22)16-3-2-12-9-18-4-5-23-15(18)17-12/h9-11H,2-8H2,1H3,(H,16,22)(H,20,21). The van der Waals surface area contributed by atoms with E-state index in [4.69, 9.17) is 5.11 Å². The topological polar surface area (TPSA) is 87.5 Å². The number of nitrogens with zero attached hydrogens (tertiary/aromatic N) is 3. The summed E-state index contributed by atoms with van der Waals surface area (Å²) in [5.74, 6) is 0.0118. The Morgan fingerprint density at radius 3 is 3.04 bits per heavy atom. The number of likely N-dealkylation sites (tertiary alicyclic amines) is 1. The molecule has 3 heterocycles. The molecule has 2 aliphatic rings. The summed E-state index contributed by atoms with van der Waals surface area (Å²) in [7, 11) is 0. The summed E-state index contributed by atoms with van der Waals surface area (Å²) in [4.78, 5) is 29.5. The van der Waals surface area contributed by atoms with Gasteiger partial charge in [-0.05, 0) is 12.3 Å². The molecule has 23 heavy (non-hydrogen) atoms. The molecule has 0 radical (unpaired) electrons. The van der Waals surface area contributed by atoms with Gasteiger partial charge in [0.2, 0.25) is 0 Å². The summed E-state index contributed by atoms with van der Waals surface area (Å²) in [6, 6.07) is -0.177. The van der Waals surface area contributed by atoms with Crippen molar-refractivity contribution in [1.82, 2.24) is 19.8 Å². The first kappa shape index (κ1) is 16.2. The number of nitrogens with one attached hydrogen (secondary N) is 1. The molecule has 2 amide bonds. The number of aromatic nitrogens is 2. The molecule has 1 fully saturated rings. The maximum atomic E-state index is 12.2. The van der Waals surface area contributed by atoms with Gasteiger partial charge in [-0.15, -0.1) is 0 Å². The Kier molecular flexibility index (Phi) is 4.79. The molecule has 1 saturated heterocycles. The van der Waals surface area contributed by atoms with E-state index in [0.29, 0.717) is 32.5 Å². The molecule has 2 aliphatic heterocycles. The van der Waals surface area contributed by atoms with Gasteiger partial charge >= 0.3 is 12.0 Å². The van der Waals surface area contributed by atoms with Gasteiger partial charge in [0.05, 0.1) is 11.6 Å². The molecule has 3 rings (SSSR count). The lowest BCUT2D eigenvalue weighted by Gasteiger charge is -2.34. The molecule has 2 atom stereocenters. The quantitative estimate of drug-likeness (QED) is 0.864. The molecule has 1 aromatic heterocycles. The number of amides is 2. The number of fused-ring (bicyclic) bond motifs is 1. The van der Waals surface area contributed by atoms with Crippen LogP contribution in [0.5, 0.6) is 0 Å². The second-order valence-corrected chi connectivity index (χ2v) is 7.38. The number of hydrogen-bond donors (Lipinski definition) is 2. The number of aryl methyl sites for hydroxylation is 1. The highest BCUT2D eigenvalue weighted by Gasteiger charge is 2.31. The highest BCUT2D eigenvalue weighted by molar-refractivity contribution is 7.99. The number of carboxylic acid groups (broad SMARTS) is 1. The van der Waals surface area contributed by atoms with Gasteiger partial charge in [0.1, 0.15) is 0 Å². The second kappa shape index (κ2) is 6.82. The van der Waals surface area contributed by atoms with Gasteiger partial charge in [0.25, 0.3) is 0 Å². The van der Waals surface area contributed by atoms with E-state index < -0.39 is 11.9 Å². The Labute approximate surface area is 139 Å². The van der Waals surface area contributed by atoms with Crippen molar-refractivity contribution in [3.63, 3.8) is 0 Å². The monoisotopic (exact) mass is 338 g/mol. The number of aliphatic carboxylic acids is 1. The zero-order chi connectivity index (χ0) is 16.4. The van der Waals surface area contributed by atoms with Crippen LogP contribution in [0.3, 0.4) is 0 Å². The Morgan fingerprint density at radius 2 is 2.30 bits per heavy atom. The number of urea groups is 1. The van der Waals surface area contributed by atoms with E-state index in [9.17, 15) is 9.59 Å². The number of imidazole rings is 1. The minimum Gasteiger partial charge on any atom is -0.481 e. The number of thioether (sulfide) groups is 1. The van der Waals surface area contributed by atoms with Gasteiger partial charge in [-0.2, -0.15) is 0 Å². The van der Waals surface area contributed by atoms with Crippen LogP contribution in [0.15, 0.2) is 11.4 Å². The van der Waals surface area contributed by atoms with Gasteiger partial charge in [-0.1, -0.05) is 18.7 Å². The van der Waals surface area contributed by atoms with Crippen molar-refractivity contribution >= 4 is 23.8 Å². The first-order chi connectivity index (χ1) is 11.0. The molecular formula is C15H22N4O3S. The van der Waals surface area contributed by atoms with Gasteiger partial charge in [-0.25, -0.2) is 9.78 Å². The number of piperidine rings is 1. The minimum atomic E-state index is -0.820. The third-order valence-electron chi connectivity index (χ3n) is 4.31. The summed E-state index contributed by atoms with van der Waals surface area (Å²) < 4.78 is 2.14.